The zero-order valence-electron chi connectivity index (χ0n) is 11.4. The first-order chi connectivity index (χ1) is 8.77. The predicted molar refractivity (Wildman–Crippen MR) is 73.5 cm³/mol. The quantitative estimate of drug-likeness (QED) is 0.794. The van der Waals surface area contributed by atoms with Crippen molar-refractivity contribution < 1.29 is 4.74 Å². The Labute approximate surface area is 110 Å². The van der Waals surface area contributed by atoms with Crippen LogP contribution in [0.3, 0.4) is 0 Å². The summed E-state index contributed by atoms with van der Waals surface area (Å²) < 4.78 is 6.15. The topological polar surface area (TPSA) is 12.5 Å². The molecule has 0 radical (unpaired) electrons. The van der Waals surface area contributed by atoms with Crippen LogP contribution in [0.1, 0.15) is 24.8 Å². The summed E-state index contributed by atoms with van der Waals surface area (Å²) in [4.78, 5) is 2.48. The smallest absolute Gasteiger partial charge is 0.101 e. The molecule has 1 aliphatic heterocycles. The normalized spacial score (nSPS) is 36.6. The number of rotatable bonds is 2. The van der Waals surface area contributed by atoms with E-state index < -0.39 is 0 Å². The number of benzene rings is 1. The minimum atomic E-state index is -0.0357. The Kier molecular flexibility index (Phi) is 3.16. The summed E-state index contributed by atoms with van der Waals surface area (Å²) in [5, 5.41) is 0. The molecule has 2 bridgehead atoms. The minimum Gasteiger partial charge on any atom is -0.373 e. The third-order valence-electron chi connectivity index (χ3n) is 4.95. The molecule has 0 amide bonds. The number of ether oxygens (including phenoxy) is 1. The molecule has 98 valence electrons. The van der Waals surface area contributed by atoms with Crippen molar-refractivity contribution in [1.82, 2.24) is 4.90 Å². The molecule has 0 spiro atoms. The average Bonchev–Trinajstić information content (AvgIpc) is 2.39. The Morgan fingerprint density at radius 2 is 1.72 bits per heavy atom. The van der Waals surface area contributed by atoms with Gasteiger partial charge in [0.15, 0.2) is 0 Å². The van der Waals surface area contributed by atoms with Gasteiger partial charge in [-0.3, -0.25) is 0 Å². The lowest BCUT2D eigenvalue weighted by molar-refractivity contribution is -0.165. The van der Waals surface area contributed by atoms with Gasteiger partial charge in [0.2, 0.25) is 0 Å². The molecule has 3 rings (SSSR count). The molecule has 0 N–H and O–H groups in total. The van der Waals surface area contributed by atoms with Crippen molar-refractivity contribution >= 4 is 0 Å². The van der Waals surface area contributed by atoms with E-state index in [-0.39, 0.29) is 5.60 Å². The van der Waals surface area contributed by atoms with Gasteiger partial charge in [0, 0.05) is 32.0 Å². The molecular formula is C16H23NO. The van der Waals surface area contributed by atoms with E-state index in [4.69, 9.17) is 4.74 Å². The summed E-state index contributed by atoms with van der Waals surface area (Å²) in [5.41, 5.74) is 1.35. The predicted octanol–water partition coefficient (Wildman–Crippen LogP) is 2.89. The molecule has 1 saturated heterocycles. The lowest BCUT2D eigenvalue weighted by atomic mass is 9.62. The van der Waals surface area contributed by atoms with E-state index in [0.29, 0.717) is 11.8 Å². The number of likely N-dealkylation sites (tertiary alicyclic amines) is 1. The highest BCUT2D eigenvalue weighted by Crippen LogP contribution is 2.51. The van der Waals surface area contributed by atoms with Crippen LogP contribution in [0.2, 0.25) is 0 Å². The number of hydrogen-bond acceptors (Lipinski definition) is 2. The molecule has 1 aromatic rings. The van der Waals surface area contributed by atoms with Crippen LogP contribution in [0.5, 0.6) is 0 Å². The van der Waals surface area contributed by atoms with Crippen LogP contribution in [0, 0.1) is 11.8 Å². The molecule has 2 aliphatic rings. The fourth-order valence-electron chi connectivity index (χ4n) is 4.27. The van der Waals surface area contributed by atoms with Crippen molar-refractivity contribution in [3.05, 3.63) is 35.9 Å². The molecule has 2 nitrogen and oxygen atoms in total. The average molecular weight is 245 g/mol. The Hall–Kier alpha value is -0.860. The lowest BCUT2D eigenvalue weighted by Gasteiger charge is -2.54. The highest BCUT2D eigenvalue weighted by molar-refractivity contribution is 5.27. The molecule has 1 saturated carbocycles. The van der Waals surface area contributed by atoms with Crippen LogP contribution in [-0.2, 0) is 10.3 Å². The van der Waals surface area contributed by atoms with Crippen LogP contribution in [0.25, 0.3) is 0 Å². The van der Waals surface area contributed by atoms with Gasteiger partial charge in [0.25, 0.3) is 0 Å². The summed E-state index contributed by atoms with van der Waals surface area (Å²) in [7, 11) is 4.15. The molecule has 2 fully saturated rings. The van der Waals surface area contributed by atoms with Crippen LogP contribution in [-0.4, -0.2) is 32.1 Å². The molecule has 1 aromatic carbocycles. The second kappa shape index (κ2) is 4.67. The van der Waals surface area contributed by atoms with Crippen molar-refractivity contribution in [1.29, 1.82) is 0 Å². The standard InChI is InChI=1S/C16H23NO/c1-17-11-14-9-6-10-15(12-17)16(14,18-2)13-7-4-3-5-8-13/h3-5,7-8,14-15H,6,9-12H2,1-2H3/t14-,15-/m1/s1. The van der Waals surface area contributed by atoms with Crippen molar-refractivity contribution in [2.45, 2.75) is 24.9 Å². The van der Waals surface area contributed by atoms with E-state index in [1.54, 1.807) is 0 Å². The van der Waals surface area contributed by atoms with Gasteiger partial charge in [0.1, 0.15) is 5.60 Å². The maximum absolute atomic E-state index is 6.15. The monoisotopic (exact) mass is 245 g/mol. The van der Waals surface area contributed by atoms with Crippen LogP contribution in [0.4, 0.5) is 0 Å². The lowest BCUT2D eigenvalue weighted by Crippen LogP contribution is -2.58. The first-order valence-electron chi connectivity index (χ1n) is 7.06. The van der Waals surface area contributed by atoms with Gasteiger partial charge in [-0.15, -0.1) is 0 Å². The highest BCUT2D eigenvalue weighted by Gasteiger charge is 2.52. The van der Waals surface area contributed by atoms with Crippen LogP contribution in [0.15, 0.2) is 30.3 Å². The van der Waals surface area contributed by atoms with Gasteiger partial charge in [-0.25, -0.2) is 0 Å². The number of fused-ring (bicyclic) bond motifs is 2. The number of hydrogen-bond donors (Lipinski definition) is 0. The second-order valence-electron chi connectivity index (χ2n) is 5.91. The van der Waals surface area contributed by atoms with Crippen molar-refractivity contribution in [2.75, 3.05) is 27.2 Å². The molecule has 0 unspecified atom stereocenters. The Bertz CT molecular complexity index is 389. The fourth-order valence-corrected chi connectivity index (χ4v) is 4.27. The molecule has 2 atom stereocenters. The zero-order chi connectivity index (χ0) is 12.6. The number of nitrogens with zero attached hydrogens (tertiary/aromatic N) is 1. The van der Waals surface area contributed by atoms with Crippen LogP contribution < -0.4 is 0 Å². The van der Waals surface area contributed by atoms with E-state index in [0.717, 1.165) is 0 Å². The summed E-state index contributed by atoms with van der Waals surface area (Å²) >= 11 is 0. The van der Waals surface area contributed by atoms with Gasteiger partial charge >= 0.3 is 0 Å². The van der Waals surface area contributed by atoms with Crippen molar-refractivity contribution in [2.24, 2.45) is 11.8 Å². The largest absolute Gasteiger partial charge is 0.373 e. The number of methoxy groups -OCH3 is 1. The third-order valence-corrected chi connectivity index (χ3v) is 4.95. The van der Waals surface area contributed by atoms with Crippen molar-refractivity contribution in [3.63, 3.8) is 0 Å². The minimum absolute atomic E-state index is 0.0357. The Balaban J connectivity index is 2.05. The van der Waals surface area contributed by atoms with E-state index in [1.165, 1.54) is 37.9 Å². The Morgan fingerprint density at radius 1 is 1.11 bits per heavy atom. The van der Waals surface area contributed by atoms with E-state index in [9.17, 15) is 0 Å². The zero-order valence-corrected chi connectivity index (χ0v) is 11.4. The van der Waals surface area contributed by atoms with Gasteiger partial charge in [-0.05, 0) is 25.5 Å². The third kappa shape index (κ3) is 1.70. The Morgan fingerprint density at radius 3 is 2.28 bits per heavy atom. The van der Waals surface area contributed by atoms with Crippen LogP contribution >= 0.6 is 0 Å². The summed E-state index contributed by atoms with van der Waals surface area (Å²) in [6.07, 6.45) is 3.95. The molecular weight excluding hydrogens is 222 g/mol. The van der Waals surface area contributed by atoms with Crippen molar-refractivity contribution in [3.8, 4) is 0 Å². The van der Waals surface area contributed by atoms with Gasteiger partial charge in [0.05, 0.1) is 0 Å². The second-order valence-corrected chi connectivity index (χ2v) is 5.91. The van der Waals surface area contributed by atoms with E-state index in [2.05, 4.69) is 42.3 Å². The molecule has 1 heterocycles. The molecule has 2 heteroatoms. The maximum Gasteiger partial charge on any atom is 0.101 e. The molecule has 1 aliphatic carbocycles. The van der Waals surface area contributed by atoms with Gasteiger partial charge in [-0.2, -0.15) is 0 Å². The molecule has 18 heavy (non-hydrogen) atoms. The summed E-state index contributed by atoms with van der Waals surface area (Å²) in [6.45, 7) is 2.33. The first kappa shape index (κ1) is 12.2. The van der Waals surface area contributed by atoms with Gasteiger partial charge in [-0.1, -0.05) is 36.8 Å². The number of piperidine rings is 1. The molecule has 0 aromatic heterocycles. The van der Waals surface area contributed by atoms with E-state index >= 15 is 0 Å². The summed E-state index contributed by atoms with van der Waals surface area (Å²) in [5.74, 6) is 1.28. The highest BCUT2D eigenvalue weighted by atomic mass is 16.5. The first-order valence-corrected chi connectivity index (χ1v) is 7.06. The fraction of sp³-hybridized carbons (Fsp3) is 0.625. The SMILES string of the molecule is COC1(c2ccccc2)[C@@H]2CCC[C@@H]1CN(C)C2. The summed E-state index contributed by atoms with van der Waals surface area (Å²) in [6, 6.07) is 10.9. The van der Waals surface area contributed by atoms with E-state index in [1.807, 2.05) is 7.11 Å². The van der Waals surface area contributed by atoms with Gasteiger partial charge < -0.3 is 9.64 Å². The maximum atomic E-state index is 6.15.